The van der Waals surface area contributed by atoms with Crippen molar-refractivity contribution in [3.63, 3.8) is 0 Å². The molecule has 0 saturated heterocycles. The molecule has 18 heavy (non-hydrogen) atoms. The van der Waals surface area contributed by atoms with Gasteiger partial charge in [-0.05, 0) is 23.6 Å². The minimum atomic E-state index is -0.820. The number of nitrogens with zero attached hydrogens (tertiary/aromatic N) is 2. The fraction of sp³-hybridized carbons (Fsp3) is 0.0769. The number of hydrogen-bond donors (Lipinski definition) is 1. The van der Waals surface area contributed by atoms with Crippen molar-refractivity contribution < 1.29 is 9.50 Å². The molecule has 3 rings (SSSR count). The summed E-state index contributed by atoms with van der Waals surface area (Å²) in [6.07, 6.45) is 3.79. The second-order valence-electron chi connectivity index (χ2n) is 3.86. The Balaban J connectivity index is 2.04. The van der Waals surface area contributed by atoms with E-state index in [-0.39, 0.29) is 5.82 Å². The highest BCUT2D eigenvalue weighted by molar-refractivity contribution is 7.19. The number of hydrogen-bond acceptors (Lipinski definition) is 4. The topological polar surface area (TPSA) is 46.0 Å². The molecule has 0 fully saturated rings. The summed E-state index contributed by atoms with van der Waals surface area (Å²) in [5.74, 6) is -0.273. The maximum absolute atomic E-state index is 13.1. The fourth-order valence-corrected chi connectivity index (χ4v) is 2.85. The molecule has 5 heteroatoms. The van der Waals surface area contributed by atoms with E-state index < -0.39 is 6.10 Å². The van der Waals surface area contributed by atoms with Gasteiger partial charge in [-0.15, -0.1) is 11.3 Å². The highest BCUT2D eigenvalue weighted by Gasteiger charge is 2.15. The Kier molecular flexibility index (Phi) is 2.77. The van der Waals surface area contributed by atoms with Gasteiger partial charge in [-0.25, -0.2) is 4.39 Å². The van der Waals surface area contributed by atoms with E-state index in [0.29, 0.717) is 5.69 Å². The minimum Gasteiger partial charge on any atom is -0.381 e. The first-order valence-electron chi connectivity index (χ1n) is 5.37. The summed E-state index contributed by atoms with van der Waals surface area (Å²) in [4.78, 5) is 8.72. The molecule has 2 aromatic heterocycles. The van der Waals surface area contributed by atoms with Crippen molar-refractivity contribution in [3.05, 3.63) is 59.2 Å². The van der Waals surface area contributed by atoms with E-state index in [1.807, 2.05) is 6.07 Å². The highest BCUT2D eigenvalue weighted by Crippen LogP contribution is 2.32. The van der Waals surface area contributed by atoms with Gasteiger partial charge >= 0.3 is 0 Å². The van der Waals surface area contributed by atoms with E-state index in [1.54, 1.807) is 12.3 Å². The van der Waals surface area contributed by atoms with E-state index in [2.05, 4.69) is 9.97 Å². The molecule has 0 aliphatic rings. The van der Waals surface area contributed by atoms with Gasteiger partial charge in [0.05, 0.1) is 11.9 Å². The van der Waals surface area contributed by atoms with Crippen LogP contribution in [0.2, 0.25) is 0 Å². The van der Waals surface area contributed by atoms with Gasteiger partial charge in [0.25, 0.3) is 0 Å². The minimum absolute atomic E-state index is 0.273. The van der Waals surface area contributed by atoms with Crippen molar-refractivity contribution in [1.82, 2.24) is 9.97 Å². The first kappa shape index (κ1) is 11.3. The van der Waals surface area contributed by atoms with Gasteiger partial charge < -0.3 is 5.11 Å². The zero-order valence-electron chi connectivity index (χ0n) is 9.25. The van der Waals surface area contributed by atoms with Crippen LogP contribution in [-0.4, -0.2) is 15.1 Å². The third kappa shape index (κ3) is 1.98. The normalized spacial score (nSPS) is 12.8. The van der Waals surface area contributed by atoms with Gasteiger partial charge in [-0.3, -0.25) is 9.97 Å². The summed E-state index contributed by atoms with van der Waals surface area (Å²) < 4.78 is 13.9. The van der Waals surface area contributed by atoms with Crippen molar-refractivity contribution >= 4 is 21.4 Å². The quantitative estimate of drug-likeness (QED) is 0.770. The van der Waals surface area contributed by atoms with E-state index in [9.17, 15) is 9.50 Å². The Labute approximate surface area is 107 Å². The number of halogens is 1. The van der Waals surface area contributed by atoms with Crippen LogP contribution in [0.3, 0.4) is 0 Å². The zero-order valence-corrected chi connectivity index (χ0v) is 10.1. The molecule has 3 nitrogen and oxygen atoms in total. The number of aromatic nitrogens is 2. The van der Waals surface area contributed by atoms with Crippen LogP contribution in [-0.2, 0) is 0 Å². The molecule has 1 atom stereocenters. The molecule has 90 valence electrons. The van der Waals surface area contributed by atoms with Crippen LogP contribution in [0, 0.1) is 5.82 Å². The van der Waals surface area contributed by atoms with Gasteiger partial charge in [0.2, 0.25) is 0 Å². The van der Waals surface area contributed by atoms with Crippen LogP contribution in [0.25, 0.3) is 10.1 Å². The number of thiophene rings is 1. The van der Waals surface area contributed by atoms with E-state index in [4.69, 9.17) is 0 Å². The lowest BCUT2D eigenvalue weighted by molar-refractivity contribution is 0.218. The molecule has 0 bridgehead atoms. The van der Waals surface area contributed by atoms with E-state index in [0.717, 1.165) is 15.0 Å². The Bertz CT molecular complexity index is 684. The second kappa shape index (κ2) is 4.44. The molecule has 0 spiro atoms. The lowest BCUT2D eigenvalue weighted by Gasteiger charge is -2.05. The summed E-state index contributed by atoms with van der Waals surface area (Å²) in [6.45, 7) is 0. The number of aliphatic hydroxyl groups is 1. The molecular weight excluding hydrogens is 251 g/mol. The maximum Gasteiger partial charge on any atom is 0.132 e. The summed E-state index contributed by atoms with van der Waals surface area (Å²) >= 11 is 1.36. The van der Waals surface area contributed by atoms with Gasteiger partial charge in [0.1, 0.15) is 11.9 Å². The number of fused-ring (bicyclic) bond motifs is 1. The van der Waals surface area contributed by atoms with Crippen molar-refractivity contribution in [2.45, 2.75) is 6.10 Å². The molecule has 1 unspecified atom stereocenters. The van der Waals surface area contributed by atoms with Gasteiger partial charge in [-0.2, -0.15) is 0 Å². The van der Waals surface area contributed by atoms with Gasteiger partial charge in [-0.1, -0.05) is 6.07 Å². The number of rotatable bonds is 2. The van der Waals surface area contributed by atoms with Gasteiger partial charge in [0.15, 0.2) is 0 Å². The van der Waals surface area contributed by atoms with Crippen molar-refractivity contribution in [3.8, 4) is 0 Å². The van der Waals surface area contributed by atoms with Crippen molar-refractivity contribution in [2.75, 3.05) is 0 Å². The Morgan fingerprint density at radius 3 is 2.89 bits per heavy atom. The third-order valence-electron chi connectivity index (χ3n) is 2.63. The highest BCUT2D eigenvalue weighted by atomic mass is 32.1. The zero-order chi connectivity index (χ0) is 12.5. The Morgan fingerprint density at radius 2 is 2.11 bits per heavy atom. The lowest BCUT2D eigenvalue weighted by Crippen LogP contribution is -2.00. The van der Waals surface area contributed by atoms with Gasteiger partial charge in [0, 0.05) is 22.0 Å². The fourth-order valence-electron chi connectivity index (χ4n) is 1.76. The molecule has 1 aromatic carbocycles. The Morgan fingerprint density at radius 1 is 1.22 bits per heavy atom. The van der Waals surface area contributed by atoms with Crippen LogP contribution in [0.15, 0.2) is 42.9 Å². The van der Waals surface area contributed by atoms with Crippen LogP contribution in [0.1, 0.15) is 16.7 Å². The largest absolute Gasteiger partial charge is 0.381 e. The third-order valence-corrected chi connectivity index (χ3v) is 3.78. The molecule has 3 aromatic rings. The molecule has 0 aliphatic heterocycles. The first-order chi connectivity index (χ1) is 8.74. The standard InChI is InChI=1S/C13H9FN2OS/c14-9-2-1-8-5-12(18-11(8)6-9)13(17)10-7-15-3-4-16-10/h1-7,13,17H. The average molecular weight is 260 g/mol. The number of benzene rings is 1. The predicted octanol–water partition coefficient (Wildman–Crippen LogP) is 2.91. The second-order valence-corrected chi connectivity index (χ2v) is 4.98. The summed E-state index contributed by atoms with van der Waals surface area (Å²) in [5, 5.41) is 11.1. The maximum atomic E-state index is 13.1. The molecule has 0 amide bonds. The van der Waals surface area contributed by atoms with Crippen LogP contribution >= 0.6 is 11.3 Å². The molecule has 0 saturated carbocycles. The lowest BCUT2D eigenvalue weighted by atomic mass is 10.2. The van der Waals surface area contributed by atoms with Crippen LogP contribution in [0.4, 0.5) is 4.39 Å². The summed E-state index contributed by atoms with van der Waals surface area (Å²) in [7, 11) is 0. The summed E-state index contributed by atoms with van der Waals surface area (Å²) in [6, 6.07) is 6.42. The SMILES string of the molecule is OC(c1cnccn1)c1cc2ccc(F)cc2s1. The Hall–Kier alpha value is -1.85. The van der Waals surface area contributed by atoms with Crippen LogP contribution in [0.5, 0.6) is 0 Å². The molecule has 0 radical (unpaired) electrons. The van der Waals surface area contributed by atoms with E-state index >= 15 is 0 Å². The van der Waals surface area contributed by atoms with Crippen molar-refractivity contribution in [1.29, 1.82) is 0 Å². The first-order valence-corrected chi connectivity index (χ1v) is 6.18. The predicted molar refractivity (Wildman–Crippen MR) is 67.9 cm³/mol. The monoisotopic (exact) mass is 260 g/mol. The molecule has 1 N–H and O–H groups in total. The number of aliphatic hydroxyl groups excluding tert-OH is 1. The molecule has 2 heterocycles. The molecule has 0 aliphatic carbocycles. The smallest absolute Gasteiger partial charge is 0.132 e. The molecular formula is C13H9FN2OS. The average Bonchev–Trinajstić information content (AvgIpc) is 2.81. The van der Waals surface area contributed by atoms with Crippen LogP contribution < -0.4 is 0 Å². The summed E-state index contributed by atoms with van der Waals surface area (Å²) in [5.41, 5.74) is 0.490. The van der Waals surface area contributed by atoms with Crippen molar-refractivity contribution in [2.24, 2.45) is 0 Å². The van der Waals surface area contributed by atoms with E-state index in [1.165, 1.54) is 35.9 Å².